The van der Waals surface area contributed by atoms with Crippen LogP contribution in [0, 0.1) is 5.92 Å². The third-order valence-corrected chi connectivity index (χ3v) is 6.82. The quantitative estimate of drug-likeness (QED) is 0.0630. The Labute approximate surface area is 258 Å². The van der Waals surface area contributed by atoms with Gasteiger partial charge in [0, 0.05) is 13.0 Å². The smallest absolute Gasteiger partial charge is 0.326 e. The summed E-state index contributed by atoms with van der Waals surface area (Å²) in [5.74, 6) is -8.55. The van der Waals surface area contributed by atoms with E-state index in [1.54, 1.807) is 13.8 Å². The van der Waals surface area contributed by atoms with Gasteiger partial charge in [-0.15, -0.1) is 0 Å². The number of carboxylic acid groups (broad SMARTS) is 2. The lowest BCUT2D eigenvalue weighted by atomic mass is 10.0. The Morgan fingerprint density at radius 1 is 0.822 bits per heavy atom. The van der Waals surface area contributed by atoms with Gasteiger partial charge in [0.15, 0.2) is 0 Å². The number of primary amides is 1. The minimum absolute atomic E-state index is 0.0119. The van der Waals surface area contributed by atoms with Gasteiger partial charge in [-0.2, -0.15) is 0 Å². The van der Waals surface area contributed by atoms with E-state index in [0.29, 0.717) is 6.42 Å². The second kappa shape index (κ2) is 18.4. The summed E-state index contributed by atoms with van der Waals surface area (Å²) >= 11 is 0. The first kappa shape index (κ1) is 38.7. The highest BCUT2D eigenvalue weighted by Gasteiger charge is 2.39. The zero-order valence-corrected chi connectivity index (χ0v) is 25.1. The monoisotopic (exact) mass is 645 g/mol. The van der Waals surface area contributed by atoms with E-state index in [-0.39, 0.29) is 38.1 Å². The standard InChI is InChI=1S/C26H43N7O12/c1-12(2)8-13(27)21(39)30-15(9-20(37)38)22(40)31-16(10-34)23(41)32-17(11-35)25(43)33-7-3-4-18(33)24(42)29-14(26(44)45)5-6-19(28)36/h12-18,34-35H,3-11,27H2,1-2H3,(H2,28,36)(H,29,42)(H,30,39)(H,31,40)(H,32,41)(H,37,38)(H,44,45)/t13-,14-,15-,16-,17-,18-/m0/s1. The summed E-state index contributed by atoms with van der Waals surface area (Å²) in [6.07, 6.45) is -0.808. The Balaban J connectivity index is 2.96. The number of aliphatic hydroxyl groups excluding tert-OH is 2. The van der Waals surface area contributed by atoms with Crippen LogP contribution in [0.2, 0.25) is 0 Å². The van der Waals surface area contributed by atoms with E-state index in [1.807, 2.05) is 0 Å². The van der Waals surface area contributed by atoms with Crippen LogP contribution in [0.3, 0.4) is 0 Å². The first-order valence-electron chi connectivity index (χ1n) is 14.2. The highest BCUT2D eigenvalue weighted by atomic mass is 16.4. The first-order valence-corrected chi connectivity index (χ1v) is 14.2. The van der Waals surface area contributed by atoms with Crippen LogP contribution >= 0.6 is 0 Å². The van der Waals surface area contributed by atoms with Gasteiger partial charge in [0.2, 0.25) is 35.4 Å². The number of likely N-dealkylation sites (tertiary alicyclic amines) is 1. The number of nitrogens with zero attached hydrogens (tertiary/aromatic N) is 1. The van der Waals surface area contributed by atoms with Crippen molar-refractivity contribution in [2.45, 2.75) is 88.6 Å². The molecule has 0 unspecified atom stereocenters. The number of amides is 6. The van der Waals surface area contributed by atoms with Gasteiger partial charge in [-0.05, 0) is 31.6 Å². The van der Waals surface area contributed by atoms with Gasteiger partial charge in [-0.3, -0.25) is 33.6 Å². The largest absolute Gasteiger partial charge is 0.481 e. The first-order chi connectivity index (χ1) is 21.0. The molecular formula is C26H43N7O12. The molecule has 254 valence electrons. The number of carbonyl (C=O) groups excluding carboxylic acids is 6. The lowest BCUT2D eigenvalue weighted by molar-refractivity contribution is -0.145. The number of nitrogens with two attached hydrogens (primary N) is 2. The Morgan fingerprint density at radius 3 is 1.89 bits per heavy atom. The Morgan fingerprint density at radius 2 is 1.38 bits per heavy atom. The van der Waals surface area contributed by atoms with Gasteiger partial charge in [0.1, 0.15) is 30.2 Å². The fourth-order valence-electron chi connectivity index (χ4n) is 4.52. The lowest BCUT2D eigenvalue weighted by Gasteiger charge is -2.29. The molecular weight excluding hydrogens is 602 g/mol. The SMILES string of the molecule is CC(C)C[C@H](N)C(=O)N[C@@H](CC(=O)O)C(=O)N[C@@H](CO)C(=O)N[C@@H](CO)C(=O)N1CCC[C@H]1C(=O)N[C@@H](CCC(N)=O)C(=O)O. The third kappa shape index (κ3) is 12.6. The molecule has 0 aromatic rings. The van der Waals surface area contributed by atoms with E-state index in [9.17, 15) is 58.8 Å². The molecule has 1 saturated heterocycles. The van der Waals surface area contributed by atoms with Gasteiger partial charge < -0.3 is 58.1 Å². The summed E-state index contributed by atoms with van der Waals surface area (Å²) in [7, 11) is 0. The predicted molar refractivity (Wildman–Crippen MR) is 152 cm³/mol. The molecule has 0 bridgehead atoms. The van der Waals surface area contributed by atoms with E-state index in [1.165, 1.54) is 0 Å². The number of carboxylic acids is 2. The van der Waals surface area contributed by atoms with Gasteiger partial charge in [-0.1, -0.05) is 13.8 Å². The molecule has 45 heavy (non-hydrogen) atoms. The maximum Gasteiger partial charge on any atom is 0.326 e. The summed E-state index contributed by atoms with van der Waals surface area (Å²) in [5.41, 5.74) is 10.8. The number of hydrogen-bond acceptors (Lipinski definition) is 11. The number of hydrogen-bond donors (Lipinski definition) is 10. The number of aliphatic carboxylic acids is 2. The van der Waals surface area contributed by atoms with Gasteiger partial charge >= 0.3 is 11.9 Å². The molecule has 0 aromatic carbocycles. The number of nitrogens with one attached hydrogen (secondary N) is 4. The van der Waals surface area contributed by atoms with E-state index in [2.05, 4.69) is 21.3 Å². The molecule has 6 amide bonds. The second-order valence-electron chi connectivity index (χ2n) is 11.0. The summed E-state index contributed by atoms with van der Waals surface area (Å²) in [5, 5.41) is 46.9. The normalized spacial score (nSPS) is 17.7. The van der Waals surface area contributed by atoms with Crippen LogP contribution in [0.15, 0.2) is 0 Å². The fourth-order valence-corrected chi connectivity index (χ4v) is 4.52. The zero-order chi connectivity index (χ0) is 34.4. The van der Waals surface area contributed by atoms with Crippen LogP contribution in [0.1, 0.15) is 52.4 Å². The molecule has 19 heteroatoms. The van der Waals surface area contributed by atoms with Crippen LogP contribution in [0.5, 0.6) is 0 Å². The lowest BCUT2D eigenvalue weighted by Crippen LogP contribution is -2.60. The van der Waals surface area contributed by atoms with Crippen molar-refractivity contribution in [3.8, 4) is 0 Å². The van der Waals surface area contributed by atoms with Crippen molar-refractivity contribution in [1.29, 1.82) is 0 Å². The van der Waals surface area contributed by atoms with E-state index in [4.69, 9.17) is 11.5 Å². The number of rotatable bonds is 19. The molecule has 12 N–H and O–H groups in total. The maximum absolute atomic E-state index is 13.2. The van der Waals surface area contributed by atoms with Crippen LogP contribution in [0.25, 0.3) is 0 Å². The van der Waals surface area contributed by atoms with Gasteiger partial charge in [0.05, 0.1) is 25.7 Å². The average molecular weight is 646 g/mol. The van der Waals surface area contributed by atoms with Crippen molar-refractivity contribution in [2.24, 2.45) is 17.4 Å². The van der Waals surface area contributed by atoms with Crippen molar-refractivity contribution in [3.05, 3.63) is 0 Å². The molecule has 0 aliphatic carbocycles. The van der Waals surface area contributed by atoms with E-state index < -0.39 is 103 Å². The molecule has 1 heterocycles. The number of carbonyl (C=O) groups is 8. The Bertz CT molecular complexity index is 1120. The van der Waals surface area contributed by atoms with Crippen LogP contribution in [-0.4, -0.2) is 129 Å². The van der Waals surface area contributed by atoms with E-state index in [0.717, 1.165) is 4.90 Å². The summed E-state index contributed by atoms with van der Waals surface area (Å²) in [6.45, 7) is 1.61. The van der Waals surface area contributed by atoms with Crippen LogP contribution < -0.4 is 32.7 Å². The van der Waals surface area contributed by atoms with Crippen molar-refractivity contribution in [3.63, 3.8) is 0 Å². The summed E-state index contributed by atoms with van der Waals surface area (Å²) in [4.78, 5) is 99.0. The van der Waals surface area contributed by atoms with Crippen LogP contribution in [-0.2, 0) is 38.4 Å². The Kier molecular flexibility index (Phi) is 15.9. The van der Waals surface area contributed by atoms with Crippen molar-refractivity contribution >= 4 is 47.4 Å². The molecule has 6 atom stereocenters. The molecule has 1 aliphatic heterocycles. The number of aliphatic hydroxyl groups is 2. The molecule has 0 aromatic heterocycles. The molecule has 1 fully saturated rings. The van der Waals surface area contributed by atoms with Crippen molar-refractivity contribution in [1.82, 2.24) is 26.2 Å². The summed E-state index contributed by atoms with van der Waals surface area (Å²) in [6, 6.07) is -8.78. The minimum Gasteiger partial charge on any atom is -0.481 e. The Hall–Kier alpha value is -4.36. The topological polar surface area (TPSA) is 321 Å². The second-order valence-corrected chi connectivity index (χ2v) is 11.0. The van der Waals surface area contributed by atoms with Crippen molar-refractivity contribution < 1.29 is 58.8 Å². The molecule has 0 spiro atoms. The predicted octanol–water partition coefficient (Wildman–Crippen LogP) is -4.90. The highest BCUT2D eigenvalue weighted by Crippen LogP contribution is 2.19. The fraction of sp³-hybridized carbons (Fsp3) is 0.692. The molecule has 0 saturated carbocycles. The highest BCUT2D eigenvalue weighted by molar-refractivity contribution is 5.97. The molecule has 1 rings (SSSR count). The van der Waals surface area contributed by atoms with Crippen LogP contribution in [0.4, 0.5) is 0 Å². The van der Waals surface area contributed by atoms with Crippen molar-refractivity contribution in [2.75, 3.05) is 19.8 Å². The third-order valence-electron chi connectivity index (χ3n) is 6.82. The summed E-state index contributed by atoms with van der Waals surface area (Å²) < 4.78 is 0. The maximum atomic E-state index is 13.2. The average Bonchev–Trinajstić information content (AvgIpc) is 3.45. The molecule has 1 aliphatic rings. The van der Waals surface area contributed by atoms with E-state index >= 15 is 0 Å². The zero-order valence-electron chi connectivity index (χ0n) is 25.1. The molecule has 0 radical (unpaired) electrons. The van der Waals surface area contributed by atoms with Gasteiger partial charge in [-0.25, -0.2) is 4.79 Å². The van der Waals surface area contributed by atoms with Gasteiger partial charge in [0.25, 0.3) is 0 Å². The molecule has 19 nitrogen and oxygen atoms in total. The minimum atomic E-state index is -1.75.